The van der Waals surface area contributed by atoms with Gasteiger partial charge in [0.15, 0.2) is 0 Å². The molecule has 0 radical (unpaired) electrons. The smallest absolute Gasteiger partial charge is 0.340 e. The van der Waals surface area contributed by atoms with Gasteiger partial charge in [-0.3, -0.25) is 0 Å². The number of carbonyl (C=O) groups is 1. The van der Waals surface area contributed by atoms with Crippen LogP contribution in [0.4, 0.5) is 0 Å². The summed E-state index contributed by atoms with van der Waals surface area (Å²) in [6, 6.07) is 5.62. The second-order valence-corrected chi connectivity index (χ2v) is 5.55. The topological polar surface area (TPSA) is 51.3 Å². The number of unbranched alkanes of at least 4 members (excludes halogenated alkanes) is 2. The zero-order chi connectivity index (χ0) is 15.9. The molecule has 2 aromatic rings. The molecule has 0 saturated carbocycles. The van der Waals surface area contributed by atoms with E-state index in [0.29, 0.717) is 5.56 Å². The molecule has 0 aliphatic rings. The summed E-state index contributed by atoms with van der Waals surface area (Å²) in [5.74, 6) is 0.514. The van der Waals surface area contributed by atoms with Crippen LogP contribution < -0.4 is 4.74 Å². The maximum absolute atomic E-state index is 12.4. The minimum atomic E-state index is -0.250. The molecule has 0 aliphatic heterocycles. The normalized spacial score (nSPS) is 12.3. The van der Waals surface area contributed by atoms with Crippen LogP contribution in [-0.4, -0.2) is 24.2 Å². The van der Waals surface area contributed by atoms with Gasteiger partial charge in [-0.2, -0.15) is 0 Å². The molecule has 1 heterocycles. The fourth-order valence-corrected chi connectivity index (χ4v) is 2.58. The highest BCUT2D eigenvalue weighted by molar-refractivity contribution is 6.04. The molecular formula is C18H25NO3. The van der Waals surface area contributed by atoms with Crippen LogP contribution in [0, 0.1) is 0 Å². The lowest BCUT2D eigenvalue weighted by Gasteiger charge is -2.15. The van der Waals surface area contributed by atoms with Gasteiger partial charge in [0.05, 0.1) is 12.7 Å². The molecule has 0 aliphatic carbocycles. The molecule has 0 fully saturated rings. The summed E-state index contributed by atoms with van der Waals surface area (Å²) in [5, 5.41) is 0.870. The first-order chi connectivity index (χ1) is 10.7. The van der Waals surface area contributed by atoms with Crippen molar-refractivity contribution >= 4 is 16.9 Å². The Hall–Kier alpha value is -1.97. The number of nitrogens with one attached hydrogen (secondary N) is 1. The molecule has 1 aromatic carbocycles. The summed E-state index contributed by atoms with van der Waals surface area (Å²) in [7, 11) is 1.63. The number of ether oxygens (including phenoxy) is 2. The van der Waals surface area contributed by atoms with E-state index >= 15 is 0 Å². The fraction of sp³-hybridized carbons (Fsp3) is 0.500. The minimum absolute atomic E-state index is 0.00208. The summed E-state index contributed by atoms with van der Waals surface area (Å²) in [5.41, 5.74) is 1.47. The van der Waals surface area contributed by atoms with Gasteiger partial charge >= 0.3 is 5.97 Å². The summed E-state index contributed by atoms with van der Waals surface area (Å²) >= 11 is 0. The minimum Gasteiger partial charge on any atom is -0.497 e. The Morgan fingerprint density at radius 3 is 2.77 bits per heavy atom. The van der Waals surface area contributed by atoms with Gasteiger partial charge in [-0.25, -0.2) is 4.79 Å². The summed E-state index contributed by atoms with van der Waals surface area (Å²) < 4.78 is 10.9. The van der Waals surface area contributed by atoms with E-state index in [2.05, 4.69) is 18.8 Å². The van der Waals surface area contributed by atoms with Crippen molar-refractivity contribution in [3.8, 4) is 5.75 Å². The van der Waals surface area contributed by atoms with E-state index in [1.54, 1.807) is 13.3 Å². The van der Waals surface area contributed by atoms with Crippen LogP contribution in [0.15, 0.2) is 24.4 Å². The molecule has 0 bridgehead atoms. The summed E-state index contributed by atoms with van der Waals surface area (Å²) in [6.07, 6.45) is 6.97. The van der Waals surface area contributed by atoms with Gasteiger partial charge in [-0.05, 0) is 31.4 Å². The van der Waals surface area contributed by atoms with E-state index < -0.39 is 0 Å². The van der Waals surface area contributed by atoms with Gasteiger partial charge in [-0.1, -0.05) is 26.7 Å². The van der Waals surface area contributed by atoms with Crippen molar-refractivity contribution in [1.82, 2.24) is 4.98 Å². The van der Waals surface area contributed by atoms with Gasteiger partial charge in [-0.15, -0.1) is 0 Å². The first-order valence-electron chi connectivity index (χ1n) is 8.05. The van der Waals surface area contributed by atoms with E-state index in [-0.39, 0.29) is 12.1 Å². The van der Waals surface area contributed by atoms with Crippen LogP contribution in [0.3, 0.4) is 0 Å². The molecule has 4 heteroatoms. The Morgan fingerprint density at radius 1 is 1.27 bits per heavy atom. The average molecular weight is 303 g/mol. The highest BCUT2D eigenvalue weighted by atomic mass is 16.5. The standard InChI is InChI=1S/C18H25NO3/c1-4-6-7-8-13(5-2)22-18(20)16-12-19-17-11-14(21-3)9-10-15(16)17/h9-13,19H,4-8H2,1-3H3. The van der Waals surface area contributed by atoms with Crippen molar-refractivity contribution in [2.75, 3.05) is 7.11 Å². The van der Waals surface area contributed by atoms with Crippen LogP contribution in [0.1, 0.15) is 56.3 Å². The number of H-pyrrole nitrogens is 1. The van der Waals surface area contributed by atoms with Crippen LogP contribution in [-0.2, 0) is 4.74 Å². The van der Waals surface area contributed by atoms with Crippen LogP contribution >= 0.6 is 0 Å². The molecular weight excluding hydrogens is 278 g/mol. The van der Waals surface area contributed by atoms with E-state index in [0.717, 1.165) is 35.9 Å². The predicted octanol–water partition coefficient (Wildman–Crippen LogP) is 4.69. The fourth-order valence-electron chi connectivity index (χ4n) is 2.58. The highest BCUT2D eigenvalue weighted by Gasteiger charge is 2.18. The monoisotopic (exact) mass is 303 g/mol. The Morgan fingerprint density at radius 2 is 2.09 bits per heavy atom. The zero-order valence-corrected chi connectivity index (χ0v) is 13.6. The van der Waals surface area contributed by atoms with Gasteiger partial charge in [0.25, 0.3) is 0 Å². The van der Waals surface area contributed by atoms with Gasteiger partial charge < -0.3 is 14.5 Å². The summed E-state index contributed by atoms with van der Waals surface area (Å²) in [6.45, 7) is 4.23. The average Bonchev–Trinajstić information content (AvgIpc) is 2.96. The number of aromatic nitrogens is 1. The maximum Gasteiger partial charge on any atom is 0.340 e. The van der Waals surface area contributed by atoms with E-state index in [9.17, 15) is 4.79 Å². The number of benzene rings is 1. The molecule has 2 rings (SSSR count). The van der Waals surface area contributed by atoms with Gasteiger partial charge in [0.2, 0.25) is 0 Å². The molecule has 4 nitrogen and oxygen atoms in total. The number of hydrogen-bond donors (Lipinski definition) is 1. The quantitative estimate of drug-likeness (QED) is 0.568. The van der Waals surface area contributed by atoms with Gasteiger partial charge in [0, 0.05) is 23.2 Å². The summed E-state index contributed by atoms with van der Waals surface area (Å²) in [4.78, 5) is 15.5. The van der Waals surface area contributed by atoms with E-state index in [1.807, 2.05) is 18.2 Å². The number of hydrogen-bond acceptors (Lipinski definition) is 3. The van der Waals surface area contributed by atoms with E-state index in [1.165, 1.54) is 12.8 Å². The SMILES string of the molecule is CCCCCC(CC)OC(=O)c1c[nH]c2cc(OC)ccc12. The number of rotatable bonds is 8. The van der Waals surface area contributed by atoms with Crippen LogP contribution in [0.2, 0.25) is 0 Å². The Kier molecular flexibility index (Phi) is 5.87. The van der Waals surface area contributed by atoms with Crippen molar-refractivity contribution in [3.63, 3.8) is 0 Å². The van der Waals surface area contributed by atoms with Crippen molar-refractivity contribution in [3.05, 3.63) is 30.0 Å². The number of esters is 1. The number of carbonyl (C=O) groups excluding carboxylic acids is 1. The number of methoxy groups -OCH3 is 1. The molecule has 1 unspecified atom stereocenters. The molecule has 120 valence electrons. The van der Waals surface area contributed by atoms with Crippen molar-refractivity contribution in [2.45, 2.75) is 52.1 Å². The Labute approximate surface area is 131 Å². The number of fused-ring (bicyclic) bond motifs is 1. The molecule has 1 aromatic heterocycles. The number of aromatic amines is 1. The molecule has 0 amide bonds. The Bertz CT molecular complexity index is 618. The zero-order valence-electron chi connectivity index (χ0n) is 13.6. The third-order valence-corrected chi connectivity index (χ3v) is 3.97. The lowest BCUT2D eigenvalue weighted by atomic mass is 10.1. The third-order valence-electron chi connectivity index (χ3n) is 3.97. The lowest BCUT2D eigenvalue weighted by Crippen LogP contribution is -2.17. The second kappa shape index (κ2) is 7.87. The highest BCUT2D eigenvalue weighted by Crippen LogP contribution is 2.24. The third kappa shape index (κ3) is 3.81. The van der Waals surface area contributed by atoms with Crippen LogP contribution in [0.25, 0.3) is 10.9 Å². The first-order valence-corrected chi connectivity index (χ1v) is 8.05. The molecule has 1 atom stereocenters. The molecule has 1 N–H and O–H groups in total. The first kappa shape index (κ1) is 16.4. The predicted molar refractivity (Wildman–Crippen MR) is 88.5 cm³/mol. The maximum atomic E-state index is 12.4. The van der Waals surface area contributed by atoms with E-state index in [4.69, 9.17) is 9.47 Å². The van der Waals surface area contributed by atoms with Gasteiger partial charge in [0.1, 0.15) is 11.9 Å². The van der Waals surface area contributed by atoms with Crippen molar-refractivity contribution in [1.29, 1.82) is 0 Å². The molecule has 0 spiro atoms. The van der Waals surface area contributed by atoms with Crippen LogP contribution in [0.5, 0.6) is 5.75 Å². The lowest BCUT2D eigenvalue weighted by molar-refractivity contribution is 0.0269. The Balaban J connectivity index is 2.08. The molecule has 0 saturated heterocycles. The van der Waals surface area contributed by atoms with Crippen molar-refractivity contribution < 1.29 is 14.3 Å². The molecule has 22 heavy (non-hydrogen) atoms. The largest absolute Gasteiger partial charge is 0.497 e. The van der Waals surface area contributed by atoms with Crippen molar-refractivity contribution in [2.24, 2.45) is 0 Å². The second-order valence-electron chi connectivity index (χ2n) is 5.55.